The molecule has 2 heterocycles. The molecule has 0 radical (unpaired) electrons. The minimum Gasteiger partial charge on any atom is -0.372 e. The van der Waals surface area contributed by atoms with Gasteiger partial charge in [0.05, 0.1) is 11.2 Å². The van der Waals surface area contributed by atoms with E-state index in [2.05, 4.69) is 15.0 Å². The van der Waals surface area contributed by atoms with Crippen molar-refractivity contribution >= 4 is 11.2 Å². The molecule has 2 rings (SSSR count). The molecule has 7 nitrogen and oxygen atoms in total. The second-order valence-electron chi connectivity index (χ2n) is 2.17. The Morgan fingerprint density at radius 2 is 1.85 bits per heavy atom. The maximum Gasteiger partial charge on any atom is 1.00 e. The van der Waals surface area contributed by atoms with Crippen LogP contribution in [-0.2, 0) is 0 Å². The fraction of sp³-hybridized carbons (Fsp3) is 0. The van der Waals surface area contributed by atoms with E-state index < -0.39 is 16.9 Å². The van der Waals surface area contributed by atoms with Gasteiger partial charge in [0.15, 0.2) is 5.56 Å². The number of fused-ring (bicyclic) bond motifs is 1. The maximum absolute atomic E-state index is 10.9. The molecule has 0 atom stereocenters. The topological polar surface area (TPSA) is 111 Å². The first kappa shape index (κ1) is 10.0. The molecular weight excluding hydrogens is 187 g/mol. The third-order valence-corrected chi connectivity index (χ3v) is 1.36. The van der Waals surface area contributed by atoms with Crippen LogP contribution < -0.4 is 46.5 Å². The number of imidazole rings is 1. The first-order valence-corrected chi connectivity index (χ1v) is 3.06. The fourth-order valence-electron chi connectivity index (χ4n) is 0.913. The Morgan fingerprint density at radius 1 is 1.15 bits per heavy atom. The van der Waals surface area contributed by atoms with E-state index in [4.69, 9.17) is 0 Å². The van der Waals surface area contributed by atoms with Gasteiger partial charge in [-0.1, -0.05) is 0 Å². The van der Waals surface area contributed by atoms with Crippen LogP contribution in [0.2, 0.25) is 0 Å². The van der Waals surface area contributed by atoms with E-state index in [-0.39, 0.29) is 40.7 Å². The standard InChI is InChI=1S/C5H3N4O3.Na/c10-3-1-2(7-4(11)6-1)8-5(12)9-3;/h(H,7,11)(H2,8,9,10,12);/q-1;+1. The van der Waals surface area contributed by atoms with Crippen molar-refractivity contribution in [3.63, 3.8) is 0 Å². The predicted molar refractivity (Wildman–Crippen MR) is 39.2 cm³/mol. The second kappa shape index (κ2) is 3.36. The molecule has 0 aliphatic rings. The van der Waals surface area contributed by atoms with Gasteiger partial charge in [-0.15, -0.1) is 0 Å². The summed E-state index contributed by atoms with van der Waals surface area (Å²) in [7, 11) is 0. The van der Waals surface area contributed by atoms with Gasteiger partial charge >= 0.3 is 29.6 Å². The quantitative estimate of drug-likeness (QED) is 0.285. The summed E-state index contributed by atoms with van der Waals surface area (Å²) in [4.78, 5) is 41.9. The van der Waals surface area contributed by atoms with Crippen LogP contribution in [0.4, 0.5) is 0 Å². The Morgan fingerprint density at radius 3 is 2.54 bits per heavy atom. The van der Waals surface area contributed by atoms with Crippen molar-refractivity contribution in [3.8, 4) is 0 Å². The van der Waals surface area contributed by atoms with Gasteiger partial charge in [0.1, 0.15) is 0 Å². The minimum absolute atomic E-state index is 0. The maximum atomic E-state index is 10.9. The summed E-state index contributed by atoms with van der Waals surface area (Å²) in [6.07, 6.45) is 0. The van der Waals surface area contributed by atoms with E-state index in [1.165, 1.54) is 0 Å². The van der Waals surface area contributed by atoms with Crippen molar-refractivity contribution in [2.75, 3.05) is 0 Å². The second-order valence-corrected chi connectivity index (χ2v) is 2.17. The monoisotopic (exact) mass is 190 g/mol. The number of hydrogen-bond donors (Lipinski definition) is 3. The summed E-state index contributed by atoms with van der Waals surface area (Å²) in [5.41, 5.74) is -2.03. The average Bonchev–Trinajstić information content (AvgIpc) is 2.29. The van der Waals surface area contributed by atoms with Gasteiger partial charge in [-0.05, 0) is 0 Å². The van der Waals surface area contributed by atoms with Gasteiger partial charge in [0, 0.05) is 0 Å². The van der Waals surface area contributed by atoms with E-state index in [1.807, 2.05) is 4.98 Å². The molecule has 0 aliphatic carbocycles. The van der Waals surface area contributed by atoms with Crippen molar-refractivity contribution < 1.29 is 29.6 Å². The fourth-order valence-corrected chi connectivity index (χ4v) is 0.913. The van der Waals surface area contributed by atoms with E-state index in [0.717, 1.165) is 0 Å². The number of hydrogen-bond acceptors (Lipinski definition) is 4. The van der Waals surface area contributed by atoms with Crippen molar-refractivity contribution in [2.24, 2.45) is 0 Å². The van der Waals surface area contributed by atoms with Gasteiger partial charge in [-0.2, -0.15) is 0 Å². The normalized spacial score (nSPS) is 9.85. The molecule has 13 heavy (non-hydrogen) atoms. The van der Waals surface area contributed by atoms with Gasteiger partial charge in [-0.3, -0.25) is 4.98 Å². The van der Waals surface area contributed by atoms with Crippen molar-refractivity contribution in [3.05, 3.63) is 31.3 Å². The van der Waals surface area contributed by atoms with E-state index in [0.29, 0.717) is 0 Å². The molecule has 62 valence electrons. The van der Waals surface area contributed by atoms with Crippen LogP contribution in [0.1, 0.15) is 0 Å². The van der Waals surface area contributed by atoms with Gasteiger partial charge in [0.2, 0.25) is 5.69 Å². The predicted octanol–water partition coefficient (Wildman–Crippen LogP) is -4.98. The molecule has 0 aromatic carbocycles. The Hall–Kier alpha value is -1.05. The van der Waals surface area contributed by atoms with Crippen LogP contribution in [0, 0.1) is 0 Å². The zero-order valence-corrected chi connectivity index (χ0v) is 8.67. The molecule has 0 unspecified atom stereocenters. The summed E-state index contributed by atoms with van der Waals surface area (Å²) < 4.78 is 0. The number of H-pyrrole nitrogens is 3. The molecule has 0 amide bonds. The minimum atomic E-state index is -0.674. The van der Waals surface area contributed by atoms with Gasteiger partial charge < -0.3 is 29.3 Å². The van der Waals surface area contributed by atoms with Crippen molar-refractivity contribution in [1.29, 1.82) is 0 Å². The Balaban J connectivity index is 0.000000845. The molecule has 2 aromatic rings. The van der Waals surface area contributed by atoms with Crippen LogP contribution in [-0.4, -0.2) is 19.9 Å². The Kier molecular flexibility index (Phi) is 2.60. The molecule has 2 aromatic heterocycles. The molecular formula is C5H3N4NaO3. The van der Waals surface area contributed by atoms with Crippen LogP contribution in [0.3, 0.4) is 0 Å². The molecule has 0 saturated carbocycles. The number of aromatic amines is 3. The van der Waals surface area contributed by atoms with E-state index in [1.54, 1.807) is 0 Å². The van der Waals surface area contributed by atoms with E-state index >= 15 is 0 Å². The summed E-state index contributed by atoms with van der Waals surface area (Å²) in [6, 6.07) is 0. The Bertz CT molecular complexity index is 588. The van der Waals surface area contributed by atoms with Gasteiger partial charge in [0.25, 0.3) is 5.69 Å². The third-order valence-electron chi connectivity index (χ3n) is 1.36. The van der Waals surface area contributed by atoms with Crippen LogP contribution in [0.15, 0.2) is 14.4 Å². The third kappa shape index (κ3) is 1.67. The van der Waals surface area contributed by atoms with Crippen molar-refractivity contribution in [2.45, 2.75) is 0 Å². The smallest absolute Gasteiger partial charge is 0.372 e. The zero-order chi connectivity index (χ0) is 8.72. The molecule has 0 fully saturated rings. The first-order chi connectivity index (χ1) is 5.66. The molecule has 0 bridgehead atoms. The van der Waals surface area contributed by atoms with E-state index in [9.17, 15) is 14.4 Å². The zero-order valence-electron chi connectivity index (χ0n) is 6.67. The number of nitrogens with one attached hydrogen (secondary N) is 3. The molecule has 0 aliphatic heterocycles. The van der Waals surface area contributed by atoms with Gasteiger partial charge in [-0.25, -0.2) is 0 Å². The largest absolute Gasteiger partial charge is 1.00 e. The first-order valence-electron chi connectivity index (χ1n) is 3.06. The van der Waals surface area contributed by atoms with Crippen molar-refractivity contribution in [1.82, 2.24) is 19.9 Å². The molecule has 8 heteroatoms. The summed E-state index contributed by atoms with van der Waals surface area (Å²) >= 11 is 0. The van der Waals surface area contributed by atoms with Crippen LogP contribution in [0.5, 0.6) is 0 Å². The summed E-state index contributed by atoms with van der Waals surface area (Å²) in [5.74, 6) is 0. The number of nitrogens with zero attached hydrogens (tertiary/aromatic N) is 1. The molecule has 0 spiro atoms. The van der Waals surface area contributed by atoms with Crippen LogP contribution >= 0.6 is 0 Å². The molecule has 3 N–H and O–H groups in total. The SMILES string of the molecule is O=c1nc2c(=O)[nH]c(=O)[nH][c-]2[nH]1.[Na+]. The molecule has 0 saturated heterocycles. The number of rotatable bonds is 0. The Labute approximate surface area is 91.9 Å². The van der Waals surface area contributed by atoms with Crippen LogP contribution in [0.25, 0.3) is 11.2 Å². The summed E-state index contributed by atoms with van der Waals surface area (Å²) in [5, 5.41) is 0. The summed E-state index contributed by atoms with van der Waals surface area (Å²) in [6.45, 7) is 0. The number of aromatic nitrogens is 4. The average molecular weight is 190 g/mol.